The first kappa shape index (κ1) is 21.0. The van der Waals surface area contributed by atoms with E-state index in [2.05, 4.69) is 0 Å². The predicted molar refractivity (Wildman–Crippen MR) is 94.8 cm³/mol. The molecule has 2 rings (SSSR count). The molecule has 1 heterocycles. The lowest BCUT2D eigenvalue weighted by Crippen LogP contribution is -2.48. The van der Waals surface area contributed by atoms with E-state index in [-0.39, 0.29) is 30.2 Å². The summed E-state index contributed by atoms with van der Waals surface area (Å²) in [6.07, 6.45) is 3.68. The zero-order chi connectivity index (χ0) is 16.8. The molecule has 0 spiro atoms. The van der Waals surface area contributed by atoms with Gasteiger partial charge in [0.2, 0.25) is 5.91 Å². The first-order valence-corrected chi connectivity index (χ1v) is 9.05. The van der Waals surface area contributed by atoms with Crippen LogP contribution in [0.5, 0.6) is 5.75 Å². The highest BCUT2D eigenvalue weighted by Crippen LogP contribution is 2.23. The molecule has 0 saturated carbocycles. The topological polar surface area (TPSA) is 55.6 Å². The summed E-state index contributed by atoms with van der Waals surface area (Å²) in [5.41, 5.74) is 5.91. The van der Waals surface area contributed by atoms with Crippen LogP contribution < -0.4 is 10.5 Å². The number of piperidine rings is 1. The SMILES string of the molecule is CSCC[C@H](N)C(=O)N1CCC(Oc2ccc(F)cc2F)CC1.Cl. The van der Waals surface area contributed by atoms with E-state index < -0.39 is 17.7 Å². The number of likely N-dealkylation sites (tertiary alicyclic amines) is 1. The number of benzene rings is 1. The van der Waals surface area contributed by atoms with Crippen LogP contribution in [-0.4, -0.2) is 48.1 Å². The molecule has 1 amide bonds. The van der Waals surface area contributed by atoms with Crippen LogP contribution in [0.15, 0.2) is 18.2 Å². The van der Waals surface area contributed by atoms with Crippen molar-refractivity contribution in [1.29, 1.82) is 0 Å². The minimum Gasteiger partial charge on any atom is -0.487 e. The van der Waals surface area contributed by atoms with Crippen LogP contribution in [0.25, 0.3) is 0 Å². The Bertz CT molecular complexity index is 543. The molecular formula is C16H23ClF2N2O2S. The van der Waals surface area contributed by atoms with Gasteiger partial charge in [-0.2, -0.15) is 11.8 Å². The van der Waals surface area contributed by atoms with E-state index in [0.717, 1.165) is 11.8 Å². The van der Waals surface area contributed by atoms with E-state index in [0.29, 0.717) is 32.4 Å². The van der Waals surface area contributed by atoms with Crippen LogP contribution in [0.2, 0.25) is 0 Å². The highest BCUT2D eigenvalue weighted by atomic mass is 35.5. The second-order valence-corrected chi connectivity index (χ2v) is 6.59. The van der Waals surface area contributed by atoms with Gasteiger partial charge in [0, 0.05) is 32.0 Å². The highest BCUT2D eigenvalue weighted by molar-refractivity contribution is 7.98. The molecule has 1 atom stereocenters. The zero-order valence-electron chi connectivity index (χ0n) is 13.5. The van der Waals surface area contributed by atoms with Crippen molar-refractivity contribution >= 4 is 30.1 Å². The van der Waals surface area contributed by atoms with Crippen LogP contribution in [0.1, 0.15) is 19.3 Å². The molecule has 136 valence electrons. The van der Waals surface area contributed by atoms with Gasteiger partial charge in [0.1, 0.15) is 11.9 Å². The molecule has 0 aliphatic carbocycles. The zero-order valence-corrected chi connectivity index (χ0v) is 15.2. The molecule has 1 saturated heterocycles. The van der Waals surface area contributed by atoms with Gasteiger partial charge < -0.3 is 15.4 Å². The van der Waals surface area contributed by atoms with Gasteiger partial charge in [-0.1, -0.05) is 0 Å². The molecule has 8 heteroatoms. The summed E-state index contributed by atoms with van der Waals surface area (Å²) in [5, 5.41) is 0. The number of thioether (sulfide) groups is 1. The Kier molecular flexibility index (Phi) is 8.80. The van der Waals surface area contributed by atoms with Crippen LogP contribution in [0.3, 0.4) is 0 Å². The summed E-state index contributed by atoms with van der Waals surface area (Å²) in [4.78, 5) is 14.0. The number of hydrogen-bond donors (Lipinski definition) is 1. The third kappa shape index (κ3) is 5.79. The number of ether oxygens (including phenoxy) is 1. The van der Waals surface area contributed by atoms with Gasteiger partial charge in [-0.25, -0.2) is 8.78 Å². The molecule has 24 heavy (non-hydrogen) atoms. The van der Waals surface area contributed by atoms with Crippen molar-refractivity contribution in [3.8, 4) is 5.75 Å². The van der Waals surface area contributed by atoms with Crippen molar-refractivity contribution in [2.75, 3.05) is 25.1 Å². The Morgan fingerprint density at radius 2 is 2.08 bits per heavy atom. The number of carbonyl (C=O) groups excluding carboxylic acids is 1. The molecule has 0 aromatic heterocycles. The Hall–Kier alpha value is -1.05. The van der Waals surface area contributed by atoms with Crippen LogP contribution in [-0.2, 0) is 4.79 Å². The number of carbonyl (C=O) groups is 1. The van der Waals surface area contributed by atoms with E-state index in [9.17, 15) is 13.6 Å². The number of halogens is 3. The Morgan fingerprint density at radius 1 is 1.42 bits per heavy atom. The van der Waals surface area contributed by atoms with Gasteiger partial charge in [-0.15, -0.1) is 12.4 Å². The van der Waals surface area contributed by atoms with Gasteiger partial charge in [0.15, 0.2) is 11.6 Å². The Balaban J connectivity index is 0.00000288. The van der Waals surface area contributed by atoms with E-state index in [1.165, 1.54) is 12.1 Å². The maximum Gasteiger partial charge on any atom is 0.239 e. The maximum absolute atomic E-state index is 13.6. The monoisotopic (exact) mass is 380 g/mol. The van der Waals surface area contributed by atoms with Gasteiger partial charge >= 0.3 is 0 Å². The number of nitrogens with two attached hydrogens (primary N) is 1. The average molecular weight is 381 g/mol. The van der Waals surface area contributed by atoms with Gasteiger partial charge in [0.05, 0.1) is 6.04 Å². The summed E-state index contributed by atoms with van der Waals surface area (Å²) in [6, 6.07) is 2.80. The van der Waals surface area contributed by atoms with Gasteiger partial charge in [-0.3, -0.25) is 4.79 Å². The molecule has 4 nitrogen and oxygen atoms in total. The summed E-state index contributed by atoms with van der Waals surface area (Å²) in [5.74, 6) is -0.466. The summed E-state index contributed by atoms with van der Waals surface area (Å²) in [7, 11) is 0. The van der Waals surface area contributed by atoms with E-state index in [1.807, 2.05) is 6.26 Å². The molecule has 1 aromatic carbocycles. The molecule has 1 aromatic rings. The van der Waals surface area contributed by atoms with Crippen molar-refractivity contribution in [1.82, 2.24) is 4.90 Å². The third-order valence-corrected chi connectivity index (χ3v) is 4.54. The first-order valence-electron chi connectivity index (χ1n) is 7.66. The fourth-order valence-corrected chi connectivity index (χ4v) is 3.04. The summed E-state index contributed by atoms with van der Waals surface area (Å²) in [6.45, 7) is 1.08. The largest absolute Gasteiger partial charge is 0.487 e. The molecule has 0 bridgehead atoms. The standard InChI is InChI=1S/C16H22F2N2O2S.ClH/c1-23-9-6-14(19)16(21)20-7-4-12(5-8-20)22-15-3-2-11(17)10-13(15)18;/h2-3,10,12,14H,4-9,19H2,1H3;1H/t14-;/m0./s1. The maximum atomic E-state index is 13.6. The van der Waals surface area contributed by atoms with Crippen molar-refractivity contribution in [3.05, 3.63) is 29.8 Å². The van der Waals surface area contributed by atoms with Crippen molar-refractivity contribution < 1.29 is 18.3 Å². The molecule has 1 aliphatic rings. The lowest BCUT2D eigenvalue weighted by atomic mass is 10.1. The van der Waals surface area contributed by atoms with Crippen molar-refractivity contribution in [2.24, 2.45) is 5.73 Å². The van der Waals surface area contributed by atoms with E-state index >= 15 is 0 Å². The Morgan fingerprint density at radius 3 is 2.67 bits per heavy atom. The number of nitrogens with zero attached hydrogens (tertiary/aromatic N) is 1. The van der Waals surface area contributed by atoms with E-state index in [4.69, 9.17) is 10.5 Å². The smallest absolute Gasteiger partial charge is 0.239 e. The number of rotatable bonds is 6. The minimum atomic E-state index is -0.706. The van der Waals surface area contributed by atoms with Gasteiger partial charge in [-0.05, 0) is 30.6 Å². The Labute approximate surface area is 151 Å². The van der Waals surface area contributed by atoms with Crippen molar-refractivity contribution in [2.45, 2.75) is 31.4 Å². The van der Waals surface area contributed by atoms with Crippen LogP contribution in [0.4, 0.5) is 8.78 Å². The second-order valence-electron chi connectivity index (χ2n) is 5.61. The quantitative estimate of drug-likeness (QED) is 0.824. The molecule has 2 N–H and O–H groups in total. The fourth-order valence-electron chi connectivity index (χ4n) is 2.55. The second kappa shape index (κ2) is 10.1. The lowest BCUT2D eigenvalue weighted by Gasteiger charge is -2.33. The molecule has 1 fully saturated rings. The predicted octanol–water partition coefficient (Wildman–Crippen LogP) is 2.84. The number of hydrogen-bond acceptors (Lipinski definition) is 4. The summed E-state index contributed by atoms with van der Waals surface area (Å²) < 4.78 is 32.0. The van der Waals surface area contributed by atoms with Gasteiger partial charge in [0.25, 0.3) is 0 Å². The average Bonchev–Trinajstić information content (AvgIpc) is 2.55. The third-order valence-electron chi connectivity index (χ3n) is 3.89. The van der Waals surface area contributed by atoms with Crippen LogP contribution in [0, 0.1) is 11.6 Å². The highest BCUT2D eigenvalue weighted by Gasteiger charge is 2.27. The lowest BCUT2D eigenvalue weighted by molar-refractivity contribution is -0.134. The minimum absolute atomic E-state index is 0. The number of amides is 1. The molecule has 0 unspecified atom stereocenters. The normalized spacial score (nSPS) is 16.4. The van der Waals surface area contributed by atoms with Crippen molar-refractivity contribution in [3.63, 3.8) is 0 Å². The van der Waals surface area contributed by atoms with Crippen LogP contribution >= 0.6 is 24.2 Å². The molecule has 1 aliphatic heterocycles. The first-order chi connectivity index (χ1) is 11.0. The van der Waals surface area contributed by atoms with E-state index in [1.54, 1.807) is 16.7 Å². The fraction of sp³-hybridized carbons (Fsp3) is 0.562. The molecular weight excluding hydrogens is 358 g/mol. The molecule has 0 radical (unpaired) electrons. The summed E-state index contributed by atoms with van der Waals surface area (Å²) >= 11 is 1.67.